The number of amides is 2. The third kappa shape index (κ3) is 11.5. The van der Waals surface area contributed by atoms with E-state index in [0.29, 0.717) is 41.9 Å². The van der Waals surface area contributed by atoms with Crippen molar-refractivity contribution < 1.29 is 33.3 Å². The lowest BCUT2D eigenvalue weighted by Crippen LogP contribution is -2.46. The molecule has 5 rings (SSSR count). The van der Waals surface area contributed by atoms with E-state index in [4.69, 9.17) is 35.5 Å². The number of ether oxygens (including phenoxy) is 4. The fraction of sp³-hybridized carbons (Fsp3) is 0.535. The summed E-state index contributed by atoms with van der Waals surface area (Å²) in [4.78, 5) is 49.5. The van der Waals surface area contributed by atoms with Crippen LogP contribution in [0.5, 0.6) is 11.5 Å². The number of esters is 1. The van der Waals surface area contributed by atoms with Gasteiger partial charge in [-0.2, -0.15) is 0 Å². The quantitative estimate of drug-likeness (QED) is 0.156. The lowest BCUT2D eigenvalue weighted by atomic mass is 9.85. The number of pyridine rings is 1. The average Bonchev–Trinajstić information content (AvgIpc) is 3.14. The fourth-order valence-electron chi connectivity index (χ4n) is 7.67. The molecule has 1 aromatic heterocycles. The maximum absolute atomic E-state index is 14.0. The number of benzene rings is 2. The Kier molecular flexibility index (Phi) is 14.5. The molecule has 1 aliphatic heterocycles. The van der Waals surface area contributed by atoms with Crippen molar-refractivity contribution in [1.82, 2.24) is 15.2 Å². The van der Waals surface area contributed by atoms with Crippen molar-refractivity contribution in [3.8, 4) is 11.5 Å². The fourth-order valence-corrected chi connectivity index (χ4v) is 7.80. The summed E-state index contributed by atoms with van der Waals surface area (Å²) >= 11 is 6.23. The first-order valence-corrected chi connectivity index (χ1v) is 19.9. The number of carbonyl (C=O) groups is 3. The van der Waals surface area contributed by atoms with E-state index in [9.17, 15) is 14.4 Å². The highest BCUT2D eigenvalue weighted by molar-refractivity contribution is 6.30. The molecule has 304 valence electrons. The monoisotopic (exact) mass is 791 g/mol. The molecular formula is C43H58ClN5O7. The van der Waals surface area contributed by atoms with Crippen LogP contribution in [-0.2, 0) is 31.9 Å². The van der Waals surface area contributed by atoms with Crippen molar-refractivity contribution in [3.63, 3.8) is 0 Å². The topological polar surface area (TPSA) is 123 Å². The zero-order valence-electron chi connectivity index (χ0n) is 34.1. The zero-order chi connectivity index (χ0) is 40.6. The molecule has 2 heterocycles. The maximum atomic E-state index is 14.0. The summed E-state index contributed by atoms with van der Waals surface area (Å²) < 4.78 is 22.2. The highest BCUT2D eigenvalue weighted by atomic mass is 35.5. The van der Waals surface area contributed by atoms with Crippen LogP contribution < -0.4 is 24.6 Å². The minimum absolute atomic E-state index is 0.0161. The van der Waals surface area contributed by atoms with Gasteiger partial charge in [0.1, 0.15) is 11.4 Å². The summed E-state index contributed by atoms with van der Waals surface area (Å²) in [7, 11) is 5.06. The van der Waals surface area contributed by atoms with Gasteiger partial charge in [-0.1, -0.05) is 23.7 Å². The second-order valence-corrected chi connectivity index (χ2v) is 16.5. The van der Waals surface area contributed by atoms with Gasteiger partial charge >= 0.3 is 12.1 Å². The largest absolute Gasteiger partial charge is 0.493 e. The molecule has 1 N–H and O–H groups in total. The Labute approximate surface area is 336 Å². The van der Waals surface area contributed by atoms with Gasteiger partial charge in [0.25, 0.3) is 0 Å². The third-order valence-corrected chi connectivity index (χ3v) is 10.6. The van der Waals surface area contributed by atoms with Crippen LogP contribution in [0, 0.1) is 5.92 Å². The van der Waals surface area contributed by atoms with E-state index in [0.717, 1.165) is 60.4 Å². The Morgan fingerprint density at radius 1 is 1.02 bits per heavy atom. The minimum Gasteiger partial charge on any atom is -0.493 e. The number of halogens is 1. The second kappa shape index (κ2) is 19.1. The number of carbonyl (C=O) groups excluding carboxylic acids is 3. The van der Waals surface area contributed by atoms with Crippen molar-refractivity contribution in [2.75, 3.05) is 57.2 Å². The molecule has 1 atom stereocenters. The Bertz CT molecular complexity index is 1790. The van der Waals surface area contributed by atoms with Crippen LogP contribution in [0.2, 0.25) is 5.02 Å². The molecule has 2 amide bonds. The van der Waals surface area contributed by atoms with Crippen molar-refractivity contribution in [1.29, 1.82) is 0 Å². The molecule has 13 heteroatoms. The van der Waals surface area contributed by atoms with Gasteiger partial charge in [0, 0.05) is 37.7 Å². The van der Waals surface area contributed by atoms with Crippen molar-refractivity contribution in [2.24, 2.45) is 5.92 Å². The van der Waals surface area contributed by atoms with Gasteiger partial charge in [-0.3, -0.25) is 14.5 Å². The Balaban J connectivity index is 1.26. The average molecular weight is 792 g/mol. The molecule has 2 aliphatic rings. The number of nitrogens with one attached hydrogen (secondary N) is 1. The molecule has 1 fully saturated rings. The Morgan fingerprint density at radius 3 is 2.34 bits per heavy atom. The van der Waals surface area contributed by atoms with E-state index in [1.54, 1.807) is 13.3 Å². The van der Waals surface area contributed by atoms with E-state index in [1.807, 2.05) is 88.0 Å². The van der Waals surface area contributed by atoms with Crippen molar-refractivity contribution in [2.45, 2.75) is 96.9 Å². The SMILES string of the molecule is COC(=O)CN(CCNC(=O)OC(C)(C)C)C1CCC(CN(C)c2ccc(N3C(=O)Cc4cc(OC)c(OC(C)C)cc4[C@@H]3Cc3ccc(Cl)cc3)cn2)CC1. The predicted molar refractivity (Wildman–Crippen MR) is 219 cm³/mol. The molecule has 56 heavy (non-hydrogen) atoms. The Hall–Kier alpha value is -4.55. The second-order valence-electron chi connectivity index (χ2n) is 16.1. The summed E-state index contributed by atoms with van der Waals surface area (Å²) in [6.07, 6.45) is 5.92. The van der Waals surface area contributed by atoms with Gasteiger partial charge in [0.2, 0.25) is 5.91 Å². The highest BCUT2D eigenvalue weighted by Crippen LogP contribution is 2.42. The van der Waals surface area contributed by atoms with Crippen LogP contribution in [0.4, 0.5) is 16.3 Å². The number of aromatic nitrogens is 1. The molecule has 1 aliphatic carbocycles. The molecule has 1 saturated carbocycles. The first-order chi connectivity index (χ1) is 26.6. The maximum Gasteiger partial charge on any atom is 0.407 e. The summed E-state index contributed by atoms with van der Waals surface area (Å²) in [6.45, 7) is 11.3. The summed E-state index contributed by atoms with van der Waals surface area (Å²) in [5, 5.41) is 3.47. The van der Waals surface area contributed by atoms with Gasteiger partial charge in [-0.05, 0) is 126 Å². The van der Waals surface area contributed by atoms with Crippen molar-refractivity contribution in [3.05, 3.63) is 76.4 Å². The van der Waals surface area contributed by atoms with Crippen LogP contribution in [-0.4, -0.2) is 93.0 Å². The summed E-state index contributed by atoms with van der Waals surface area (Å²) in [5.74, 6) is 2.21. The molecule has 3 aromatic rings. The highest BCUT2D eigenvalue weighted by Gasteiger charge is 2.36. The number of hydrogen-bond acceptors (Lipinski definition) is 10. The van der Waals surface area contributed by atoms with Crippen LogP contribution in [0.25, 0.3) is 0 Å². The zero-order valence-corrected chi connectivity index (χ0v) is 34.9. The van der Waals surface area contributed by atoms with Crippen LogP contribution in [0.15, 0.2) is 54.7 Å². The molecule has 0 radical (unpaired) electrons. The van der Waals surface area contributed by atoms with Gasteiger partial charge in [0.05, 0.1) is 51.2 Å². The molecule has 2 aromatic carbocycles. The smallest absolute Gasteiger partial charge is 0.407 e. The van der Waals surface area contributed by atoms with Crippen molar-refractivity contribution >= 4 is 41.1 Å². The Morgan fingerprint density at radius 2 is 1.73 bits per heavy atom. The van der Waals surface area contributed by atoms with Gasteiger partial charge in [-0.15, -0.1) is 0 Å². The molecular weight excluding hydrogens is 734 g/mol. The summed E-state index contributed by atoms with van der Waals surface area (Å²) in [5.41, 5.74) is 3.13. The van der Waals surface area contributed by atoms with E-state index in [1.165, 1.54) is 7.11 Å². The third-order valence-electron chi connectivity index (χ3n) is 10.3. The minimum atomic E-state index is -0.580. The number of fused-ring (bicyclic) bond motifs is 1. The molecule has 0 spiro atoms. The first kappa shape index (κ1) is 42.6. The lowest BCUT2D eigenvalue weighted by molar-refractivity contribution is -0.142. The lowest BCUT2D eigenvalue weighted by Gasteiger charge is -2.38. The molecule has 0 bridgehead atoms. The van der Waals surface area contributed by atoms with Gasteiger partial charge in [-0.25, -0.2) is 9.78 Å². The van der Waals surface area contributed by atoms with Crippen LogP contribution in [0.3, 0.4) is 0 Å². The number of nitrogens with zero attached hydrogens (tertiary/aromatic N) is 4. The normalized spacial score (nSPS) is 18.4. The van der Waals surface area contributed by atoms with Crippen LogP contribution in [0.1, 0.15) is 83.0 Å². The first-order valence-electron chi connectivity index (χ1n) is 19.5. The molecule has 12 nitrogen and oxygen atoms in total. The predicted octanol–water partition coefficient (Wildman–Crippen LogP) is 7.40. The number of anilines is 2. The number of alkyl carbamates (subject to hydrolysis) is 1. The van der Waals surface area contributed by atoms with E-state index in [2.05, 4.69) is 22.2 Å². The standard InChI is InChI=1S/C43H58ClN5O7/c1-28(2)55-38-24-35-31(22-37(38)53-7)23-40(50)49(36(35)21-29-9-13-32(44)14-10-29)34-17-18-39(46-25-34)47(6)26-30-11-15-33(16-12-30)48(27-41(51)54-8)20-19-45-42(52)56-43(3,4)5/h9-10,13-14,17-18,22,24-25,28,30,33,36H,11-12,15-16,19-21,23,26-27H2,1-8H3,(H,45,52)/t30?,33?,36-/m0/s1. The van der Waals surface area contributed by atoms with E-state index < -0.39 is 11.7 Å². The van der Waals surface area contributed by atoms with E-state index >= 15 is 0 Å². The number of rotatable bonds is 15. The summed E-state index contributed by atoms with van der Waals surface area (Å²) in [6, 6.07) is 15.6. The van der Waals surface area contributed by atoms with Crippen LogP contribution >= 0.6 is 11.6 Å². The van der Waals surface area contributed by atoms with Gasteiger partial charge in [0.15, 0.2) is 11.5 Å². The number of hydrogen-bond donors (Lipinski definition) is 1. The number of methoxy groups -OCH3 is 2. The molecule has 0 unspecified atom stereocenters. The van der Waals surface area contributed by atoms with E-state index in [-0.39, 0.29) is 43.0 Å². The van der Waals surface area contributed by atoms with Gasteiger partial charge < -0.3 is 34.1 Å². The molecule has 0 saturated heterocycles.